The van der Waals surface area contributed by atoms with Crippen molar-refractivity contribution in [3.63, 3.8) is 0 Å². The van der Waals surface area contributed by atoms with Gasteiger partial charge in [0.25, 0.3) is 5.91 Å². The number of benzene rings is 2. The van der Waals surface area contributed by atoms with Crippen LogP contribution < -0.4 is 10.2 Å². The van der Waals surface area contributed by atoms with Gasteiger partial charge in [0.05, 0.1) is 10.6 Å². The maximum atomic E-state index is 14.1. The number of alkyl halides is 1. The van der Waals surface area contributed by atoms with Gasteiger partial charge in [-0.15, -0.1) is 0 Å². The molecule has 2 aromatic carbocycles. The zero-order valence-electron chi connectivity index (χ0n) is 17.3. The molecule has 2 atom stereocenters. The van der Waals surface area contributed by atoms with Crippen molar-refractivity contribution in [3.05, 3.63) is 64.7 Å². The number of likely N-dealkylation sites (tertiary alicyclic amines) is 1. The molecule has 0 unspecified atom stereocenters. The SMILES string of the molecule is CCCNC(=O)c1ccc(N(C)[C@@](C)(c2ccccc2)N2CC[C@H](F)C2)cc1Cl. The van der Waals surface area contributed by atoms with Gasteiger partial charge in [0.2, 0.25) is 0 Å². The molecular formula is C23H29ClFN3O. The van der Waals surface area contributed by atoms with E-state index in [0.717, 1.165) is 17.7 Å². The van der Waals surface area contributed by atoms with E-state index in [1.165, 1.54) is 0 Å². The van der Waals surface area contributed by atoms with Crippen molar-refractivity contribution in [3.8, 4) is 0 Å². The van der Waals surface area contributed by atoms with Crippen molar-refractivity contribution in [2.75, 3.05) is 31.6 Å². The number of nitrogens with zero attached hydrogens (tertiary/aromatic N) is 2. The van der Waals surface area contributed by atoms with E-state index in [1.807, 2.05) is 44.3 Å². The van der Waals surface area contributed by atoms with Crippen molar-refractivity contribution in [2.45, 2.75) is 38.5 Å². The number of hydrogen-bond donors (Lipinski definition) is 1. The molecule has 0 spiro atoms. The van der Waals surface area contributed by atoms with Gasteiger partial charge in [-0.05, 0) is 43.5 Å². The van der Waals surface area contributed by atoms with Crippen LogP contribution >= 0.6 is 11.6 Å². The number of carbonyl (C=O) groups is 1. The summed E-state index contributed by atoms with van der Waals surface area (Å²) in [5.41, 5.74) is 1.87. The zero-order chi connectivity index (χ0) is 21.0. The summed E-state index contributed by atoms with van der Waals surface area (Å²) >= 11 is 6.47. The Morgan fingerprint density at radius 2 is 2.03 bits per heavy atom. The van der Waals surface area contributed by atoms with Gasteiger partial charge >= 0.3 is 0 Å². The largest absolute Gasteiger partial charge is 0.353 e. The first kappa shape index (κ1) is 21.6. The second-order valence-electron chi connectivity index (χ2n) is 7.70. The third kappa shape index (κ3) is 4.41. The Bertz CT molecular complexity index is 847. The van der Waals surface area contributed by atoms with Crippen LogP contribution in [0.5, 0.6) is 0 Å². The molecule has 1 amide bonds. The van der Waals surface area contributed by atoms with Gasteiger partial charge in [0.1, 0.15) is 11.8 Å². The summed E-state index contributed by atoms with van der Waals surface area (Å²) < 4.78 is 14.1. The van der Waals surface area contributed by atoms with Crippen LogP contribution in [0.15, 0.2) is 48.5 Å². The summed E-state index contributed by atoms with van der Waals surface area (Å²) in [5, 5.41) is 3.26. The van der Waals surface area contributed by atoms with E-state index in [1.54, 1.807) is 6.07 Å². The molecule has 0 bridgehead atoms. The number of nitrogens with one attached hydrogen (secondary N) is 1. The van der Waals surface area contributed by atoms with E-state index in [0.29, 0.717) is 36.6 Å². The molecule has 156 valence electrons. The van der Waals surface area contributed by atoms with Crippen LogP contribution in [-0.2, 0) is 5.66 Å². The summed E-state index contributed by atoms with van der Waals surface area (Å²) in [6.07, 6.45) is 0.582. The summed E-state index contributed by atoms with van der Waals surface area (Å²) in [5.74, 6) is -0.170. The highest BCUT2D eigenvalue weighted by molar-refractivity contribution is 6.34. The second kappa shape index (κ2) is 9.14. The Kier molecular flexibility index (Phi) is 6.81. The highest BCUT2D eigenvalue weighted by Gasteiger charge is 2.42. The maximum Gasteiger partial charge on any atom is 0.252 e. The smallest absolute Gasteiger partial charge is 0.252 e. The average molecular weight is 418 g/mol. The summed E-state index contributed by atoms with van der Waals surface area (Å²) in [6.45, 7) is 5.80. The van der Waals surface area contributed by atoms with Crippen LogP contribution in [0, 0.1) is 0 Å². The monoisotopic (exact) mass is 417 g/mol. The Morgan fingerprint density at radius 3 is 2.62 bits per heavy atom. The quantitative estimate of drug-likeness (QED) is 0.700. The maximum absolute atomic E-state index is 14.1. The van der Waals surface area contributed by atoms with Gasteiger partial charge < -0.3 is 10.2 Å². The Morgan fingerprint density at radius 1 is 1.31 bits per heavy atom. The van der Waals surface area contributed by atoms with Crippen molar-refractivity contribution < 1.29 is 9.18 Å². The molecule has 1 saturated heterocycles. The molecule has 0 radical (unpaired) electrons. The third-order valence-corrected chi connectivity index (χ3v) is 6.15. The summed E-state index contributed by atoms with van der Waals surface area (Å²) in [4.78, 5) is 16.6. The van der Waals surface area contributed by atoms with Crippen molar-refractivity contribution in [2.24, 2.45) is 0 Å². The van der Waals surface area contributed by atoms with Gasteiger partial charge in [-0.1, -0.05) is 48.9 Å². The first-order chi connectivity index (χ1) is 13.9. The fourth-order valence-electron chi connectivity index (χ4n) is 3.94. The van der Waals surface area contributed by atoms with E-state index in [9.17, 15) is 9.18 Å². The minimum atomic E-state index is -0.820. The number of rotatable bonds is 7. The predicted molar refractivity (Wildman–Crippen MR) is 117 cm³/mol. The zero-order valence-corrected chi connectivity index (χ0v) is 18.0. The summed E-state index contributed by atoms with van der Waals surface area (Å²) in [7, 11) is 1.99. The first-order valence-corrected chi connectivity index (χ1v) is 10.5. The summed E-state index contributed by atoms with van der Waals surface area (Å²) in [6, 6.07) is 15.6. The second-order valence-corrected chi connectivity index (χ2v) is 8.11. The number of halogens is 2. The third-order valence-electron chi connectivity index (χ3n) is 5.84. The van der Waals surface area contributed by atoms with Crippen molar-refractivity contribution in [1.29, 1.82) is 0 Å². The van der Waals surface area contributed by atoms with Crippen LogP contribution in [0.1, 0.15) is 42.6 Å². The van der Waals surface area contributed by atoms with E-state index in [-0.39, 0.29) is 5.91 Å². The molecule has 0 saturated carbocycles. The molecule has 1 aliphatic rings. The molecular weight excluding hydrogens is 389 g/mol. The highest BCUT2D eigenvalue weighted by atomic mass is 35.5. The fraction of sp³-hybridized carbons (Fsp3) is 0.435. The number of hydrogen-bond acceptors (Lipinski definition) is 3. The molecule has 2 aromatic rings. The van der Waals surface area contributed by atoms with Gasteiger partial charge in [-0.3, -0.25) is 9.69 Å². The van der Waals surface area contributed by atoms with Crippen LogP contribution in [0.4, 0.5) is 10.1 Å². The molecule has 0 aromatic heterocycles. The van der Waals surface area contributed by atoms with E-state index < -0.39 is 11.8 Å². The lowest BCUT2D eigenvalue weighted by molar-refractivity contribution is 0.0954. The molecule has 0 aliphatic carbocycles. The molecule has 1 fully saturated rings. The number of amides is 1. The fourth-order valence-corrected chi connectivity index (χ4v) is 4.20. The minimum Gasteiger partial charge on any atom is -0.353 e. The lowest BCUT2D eigenvalue weighted by atomic mass is 9.97. The Hall–Kier alpha value is -2.11. The van der Waals surface area contributed by atoms with E-state index in [4.69, 9.17) is 11.6 Å². The van der Waals surface area contributed by atoms with Gasteiger partial charge in [0, 0.05) is 32.4 Å². The van der Waals surface area contributed by atoms with E-state index >= 15 is 0 Å². The number of carbonyl (C=O) groups excluding carboxylic acids is 1. The number of anilines is 1. The van der Waals surface area contributed by atoms with Gasteiger partial charge in [-0.25, -0.2) is 4.39 Å². The van der Waals surface area contributed by atoms with Crippen LogP contribution in [0.3, 0.4) is 0 Å². The van der Waals surface area contributed by atoms with Gasteiger partial charge in [-0.2, -0.15) is 0 Å². The Labute approximate surface area is 177 Å². The van der Waals surface area contributed by atoms with Crippen molar-refractivity contribution in [1.82, 2.24) is 10.2 Å². The topological polar surface area (TPSA) is 35.6 Å². The molecule has 6 heteroatoms. The van der Waals surface area contributed by atoms with Crippen LogP contribution in [0.25, 0.3) is 0 Å². The average Bonchev–Trinajstić information content (AvgIpc) is 3.18. The predicted octanol–water partition coefficient (Wildman–Crippen LogP) is 4.83. The van der Waals surface area contributed by atoms with Gasteiger partial charge in [0.15, 0.2) is 0 Å². The molecule has 1 N–H and O–H groups in total. The normalized spacial score (nSPS) is 19.0. The lowest BCUT2D eigenvalue weighted by Gasteiger charge is -2.47. The lowest BCUT2D eigenvalue weighted by Crippen LogP contribution is -2.54. The van der Waals surface area contributed by atoms with Crippen LogP contribution in [-0.4, -0.2) is 43.7 Å². The molecule has 1 aliphatic heterocycles. The standard InChI is InChI=1S/C23H29ClFN3O/c1-4-13-26-22(29)20-11-10-19(15-21(20)24)27(3)23(2,17-8-6-5-7-9-17)28-14-12-18(25)16-28/h5-11,15,18H,4,12-14,16H2,1-3H3,(H,26,29)/t18-,23+/m0/s1. The minimum absolute atomic E-state index is 0.170. The molecule has 1 heterocycles. The van der Waals surface area contributed by atoms with Crippen molar-refractivity contribution >= 4 is 23.2 Å². The van der Waals surface area contributed by atoms with E-state index in [2.05, 4.69) is 34.2 Å². The first-order valence-electron chi connectivity index (χ1n) is 10.1. The highest BCUT2D eigenvalue weighted by Crippen LogP contribution is 2.38. The Balaban J connectivity index is 1.95. The molecule has 4 nitrogen and oxygen atoms in total. The molecule has 29 heavy (non-hydrogen) atoms. The van der Waals surface area contributed by atoms with Crippen LogP contribution in [0.2, 0.25) is 5.02 Å². The molecule has 3 rings (SSSR count).